The second-order valence-corrected chi connectivity index (χ2v) is 7.22. The molecule has 0 radical (unpaired) electrons. The van der Waals surface area contributed by atoms with E-state index in [1.807, 2.05) is 42.5 Å². The summed E-state index contributed by atoms with van der Waals surface area (Å²) in [6, 6.07) is 17.5. The van der Waals surface area contributed by atoms with Crippen LogP contribution >= 0.6 is 0 Å². The van der Waals surface area contributed by atoms with Crippen LogP contribution in [-0.2, 0) is 16.6 Å². The van der Waals surface area contributed by atoms with Crippen molar-refractivity contribution in [3.63, 3.8) is 0 Å². The number of rotatable bonds is 8. The Labute approximate surface area is 169 Å². The minimum Gasteiger partial charge on any atom is -0.493 e. The van der Waals surface area contributed by atoms with E-state index in [1.165, 1.54) is 5.56 Å². The molecule has 6 nitrogen and oxygen atoms in total. The van der Waals surface area contributed by atoms with Gasteiger partial charge >= 0.3 is 0 Å². The van der Waals surface area contributed by atoms with Gasteiger partial charge in [0, 0.05) is 18.2 Å². The monoisotopic (exact) mass is 392 g/mol. The van der Waals surface area contributed by atoms with Crippen LogP contribution in [0.3, 0.4) is 0 Å². The van der Waals surface area contributed by atoms with E-state index in [2.05, 4.69) is 22.6 Å². The van der Waals surface area contributed by atoms with Gasteiger partial charge in [0.25, 0.3) is 0 Å². The average Bonchev–Trinajstić information content (AvgIpc) is 3.43. The van der Waals surface area contributed by atoms with Gasteiger partial charge in [-0.15, -0.1) is 0 Å². The Kier molecular flexibility index (Phi) is 5.25. The molecule has 0 spiro atoms. The molecule has 1 aliphatic carbocycles. The topological polar surface area (TPSA) is 73.6 Å². The predicted octanol–water partition coefficient (Wildman–Crippen LogP) is 3.75. The van der Waals surface area contributed by atoms with Crippen LogP contribution in [0.15, 0.2) is 59.1 Å². The Bertz CT molecular complexity index is 993. The summed E-state index contributed by atoms with van der Waals surface area (Å²) >= 11 is 0. The minimum absolute atomic E-state index is 0.0144. The van der Waals surface area contributed by atoms with E-state index in [0.29, 0.717) is 29.5 Å². The highest BCUT2D eigenvalue weighted by Crippen LogP contribution is 2.48. The first-order chi connectivity index (χ1) is 14.2. The lowest BCUT2D eigenvalue weighted by Crippen LogP contribution is -2.36. The van der Waals surface area contributed by atoms with Crippen molar-refractivity contribution >= 4 is 5.91 Å². The maximum atomic E-state index is 12.8. The second-order valence-electron chi connectivity index (χ2n) is 7.22. The van der Waals surface area contributed by atoms with Gasteiger partial charge < -0.3 is 19.3 Å². The molecule has 1 fully saturated rings. The van der Waals surface area contributed by atoms with Gasteiger partial charge in [-0.05, 0) is 43.0 Å². The van der Waals surface area contributed by atoms with Crippen LogP contribution in [0.2, 0.25) is 0 Å². The highest BCUT2D eigenvalue weighted by atomic mass is 16.5. The van der Waals surface area contributed by atoms with E-state index in [-0.39, 0.29) is 5.91 Å². The maximum Gasteiger partial charge on any atom is 0.232 e. The van der Waals surface area contributed by atoms with Crippen LogP contribution in [0, 0.1) is 0 Å². The summed E-state index contributed by atoms with van der Waals surface area (Å²) in [4.78, 5) is 12.8. The number of amides is 1. The number of carbonyl (C=O) groups is 1. The van der Waals surface area contributed by atoms with Gasteiger partial charge in [-0.1, -0.05) is 35.5 Å². The average molecular weight is 392 g/mol. The number of carbonyl (C=O) groups excluding carboxylic acids is 1. The highest BCUT2D eigenvalue weighted by molar-refractivity contribution is 5.91. The van der Waals surface area contributed by atoms with Gasteiger partial charge in [-0.2, -0.15) is 0 Å². The van der Waals surface area contributed by atoms with Gasteiger partial charge in [0.2, 0.25) is 5.91 Å². The van der Waals surface area contributed by atoms with Crippen LogP contribution in [0.1, 0.15) is 24.1 Å². The number of ether oxygens (including phenoxy) is 2. The van der Waals surface area contributed by atoms with Crippen molar-refractivity contribution in [3.8, 4) is 22.8 Å². The van der Waals surface area contributed by atoms with Gasteiger partial charge in [-0.3, -0.25) is 4.79 Å². The van der Waals surface area contributed by atoms with Crippen LogP contribution < -0.4 is 14.8 Å². The molecule has 0 atom stereocenters. The first kappa shape index (κ1) is 19.1. The number of nitrogens with one attached hydrogen (secondary N) is 1. The summed E-state index contributed by atoms with van der Waals surface area (Å²) in [7, 11) is 3.18. The SMILES string of the molecule is COc1ccc(-c2cc(C3(C(=O)NCCc4ccccc4)CC3)no2)cc1OC. The van der Waals surface area contributed by atoms with Gasteiger partial charge in [-0.25, -0.2) is 0 Å². The number of aromatic nitrogens is 1. The summed E-state index contributed by atoms with van der Waals surface area (Å²) in [6.45, 7) is 0.602. The van der Waals surface area contributed by atoms with Crippen molar-refractivity contribution in [2.24, 2.45) is 0 Å². The zero-order valence-corrected chi connectivity index (χ0v) is 16.6. The summed E-state index contributed by atoms with van der Waals surface area (Å²) in [6.07, 6.45) is 2.36. The molecular weight excluding hydrogens is 368 g/mol. The molecule has 4 rings (SSSR count). The quantitative estimate of drug-likeness (QED) is 0.632. The zero-order chi connectivity index (χ0) is 20.3. The fourth-order valence-corrected chi connectivity index (χ4v) is 3.49. The minimum atomic E-state index is -0.574. The van der Waals surface area contributed by atoms with Gasteiger partial charge in [0.1, 0.15) is 0 Å². The number of hydrogen-bond acceptors (Lipinski definition) is 5. The normalized spacial score (nSPS) is 14.3. The molecule has 0 unspecified atom stereocenters. The molecule has 29 heavy (non-hydrogen) atoms. The summed E-state index contributed by atoms with van der Waals surface area (Å²) in [5.74, 6) is 1.88. The summed E-state index contributed by atoms with van der Waals surface area (Å²) < 4.78 is 16.2. The molecule has 3 aromatic rings. The summed E-state index contributed by atoms with van der Waals surface area (Å²) in [5.41, 5.74) is 2.13. The van der Waals surface area contributed by atoms with E-state index in [0.717, 1.165) is 24.8 Å². The van der Waals surface area contributed by atoms with E-state index in [9.17, 15) is 4.79 Å². The molecule has 0 saturated heterocycles. The second kappa shape index (κ2) is 7.99. The third-order valence-electron chi connectivity index (χ3n) is 5.40. The largest absolute Gasteiger partial charge is 0.493 e. The smallest absolute Gasteiger partial charge is 0.232 e. The molecule has 1 heterocycles. The highest BCUT2D eigenvalue weighted by Gasteiger charge is 2.53. The third-order valence-corrected chi connectivity index (χ3v) is 5.40. The molecule has 1 aliphatic rings. The number of hydrogen-bond donors (Lipinski definition) is 1. The Balaban J connectivity index is 1.45. The lowest BCUT2D eigenvalue weighted by atomic mass is 10.00. The fraction of sp³-hybridized carbons (Fsp3) is 0.304. The van der Waals surface area contributed by atoms with E-state index < -0.39 is 5.41 Å². The van der Waals surface area contributed by atoms with E-state index >= 15 is 0 Å². The molecule has 1 aromatic heterocycles. The first-order valence-electron chi connectivity index (χ1n) is 9.68. The molecule has 0 bridgehead atoms. The van der Waals surface area contributed by atoms with Gasteiger partial charge in [0.05, 0.1) is 25.3 Å². The molecule has 6 heteroatoms. The number of nitrogens with zero attached hydrogens (tertiary/aromatic N) is 1. The molecule has 1 saturated carbocycles. The van der Waals surface area contributed by atoms with Crippen molar-refractivity contribution in [2.75, 3.05) is 20.8 Å². The Morgan fingerprint density at radius 2 is 1.83 bits per heavy atom. The first-order valence-corrected chi connectivity index (χ1v) is 9.68. The van der Waals surface area contributed by atoms with Crippen molar-refractivity contribution < 1.29 is 18.8 Å². The van der Waals surface area contributed by atoms with Crippen molar-refractivity contribution in [3.05, 3.63) is 65.9 Å². The van der Waals surface area contributed by atoms with Crippen LogP contribution in [0.4, 0.5) is 0 Å². The predicted molar refractivity (Wildman–Crippen MR) is 109 cm³/mol. The Morgan fingerprint density at radius 3 is 2.52 bits per heavy atom. The number of methoxy groups -OCH3 is 2. The lowest BCUT2D eigenvalue weighted by Gasteiger charge is -2.12. The van der Waals surface area contributed by atoms with E-state index in [4.69, 9.17) is 14.0 Å². The van der Waals surface area contributed by atoms with Crippen LogP contribution in [0.5, 0.6) is 11.5 Å². The molecule has 1 N–H and O–H groups in total. The number of benzene rings is 2. The third kappa shape index (κ3) is 3.83. The van der Waals surface area contributed by atoms with E-state index in [1.54, 1.807) is 14.2 Å². The van der Waals surface area contributed by atoms with Crippen LogP contribution in [-0.4, -0.2) is 31.8 Å². The van der Waals surface area contributed by atoms with Crippen molar-refractivity contribution in [1.29, 1.82) is 0 Å². The standard InChI is InChI=1S/C23H24N2O4/c1-27-18-9-8-17(14-20(18)28-2)19-15-21(25-29-19)23(11-12-23)22(26)24-13-10-16-6-4-3-5-7-16/h3-9,14-15H,10-13H2,1-2H3,(H,24,26). The van der Waals surface area contributed by atoms with Crippen LogP contribution in [0.25, 0.3) is 11.3 Å². The molecule has 2 aromatic carbocycles. The molecule has 150 valence electrons. The molecular formula is C23H24N2O4. The van der Waals surface area contributed by atoms with Crippen molar-refractivity contribution in [2.45, 2.75) is 24.7 Å². The summed E-state index contributed by atoms with van der Waals surface area (Å²) in [5, 5.41) is 7.26. The fourth-order valence-electron chi connectivity index (χ4n) is 3.49. The molecule has 0 aliphatic heterocycles. The zero-order valence-electron chi connectivity index (χ0n) is 16.6. The maximum absolute atomic E-state index is 12.8. The lowest BCUT2D eigenvalue weighted by molar-refractivity contribution is -0.123. The van der Waals surface area contributed by atoms with Crippen molar-refractivity contribution in [1.82, 2.24) is 10.5 Å². The Hall–Kier alpha value is -3.28. The molecule has 1 amide bonds. The van der Waals surface area contributed by atoms with Gasteiger partial charge in [0.15, 0.2) is 17.3 Å². The Morgan fingerprint density at radius 1 is 1.07 bits per heavy atom.